The van der Waals surface area contributed by atoms with Crippen molar-refractivity contribution in [2.45, 2.75) is 26.8 Å². The van der Waals surface area contributed by atoms with Gasteiger partial charge in [-0.05, 0) is 36.9 Å². The standard InChI is InChI=1S/C27H30Cl2N2O7/c1-6-30(7-2)12-13-31-22(16-8-10-17(11-9-16)38-15(3)32)20(24(34)27(31)35)23(33)18-14-19(28)26(37-5)21(29)25(18)36-4/h8-11,14,22,33H,6-7,12-13H2,1-5H3/b23-20+. The highest BCUT2D eigenvalue weighted by molar-refractivity contribution is 6.47. The average molecular weight is 565 g/mol. The third kappa shape index (κ3) is 5.75. The molecule has 1 aliphatic rings. The van der Waals surface area contributed by atoms with Crippen molar-refractivity contribution in [3.05, 3.63) is 57.1 Å². The third-order valence-corrected chi connectivity index (χ3v) is 6.97. The first-order valence-electron chi connectivity index (χ1n) is 12.0. The van der Waals surface area contributed by atoms with Crippen molar-refractivity contribution in [1.82, 2.24) is 9.80 Å². The molecule has 2 aromatic rings. The average Bonchev–Trinajstić information content (AvgIpc) is 3.14. The Labute approximate surface area is 231 Å². The molecule has 0 aromatic heterocycles. The quantitative estimate of drug-likeness (QED) is 0.145. The van der Waals surface area contributed by atoms with Crippen LogP contribution in [-0.2, 0) is 14.4 Å². The minimum atomic E-state index is -0.929. The maximum atomic E-state index is 13.4. The van der Waals surface area contributed by atoms with Crippen molar-refractivity contribution in [3.63, 3.8) is 0 Å². The predicted molar refractivity (Wildman–Crippen MR) is 144 cm³/mol. The number of ether oxygens (including phenoxy) is 3. The van der Waals surface area contributed by atoms with Gasteiger partial charge in [-0.15, -0.1) is 0 Å². The van der Waals surface area contributed by atoms with Gasteiger partial charge in [0.05, 0.1) is 36.4 Å². The first-order valence-corrected chi connectivity index (χ1v) is 12.7. The number of hydrogen-bond acceptors (Lipinski definition) is 8. The van der Waals surface area contributed by atoms with Gasteiger partial charge in [-0.3, -0.25) is 14.4 Å². The Kier molecular flexibility index (Phi) is 9.65. The molecule has 1 amide bonds. The molecule has 1 atom stereocenters. The smallest absolute Gasteiger partial charge is 0.308 e. The highest BCUT2D eigenvalue weighted by atomic mass is 35.5. The molecule has 0 radical (unpaired) electrons. The zero-order chi connectivity index (χ0) is 28.1. The number of carbonyl (C=O) groups excluding carboxylic acids is 3. The number of aliphatic hydroxyl groups excluding tert-OH is 1. The molecule has 204 valence electrons. The van der Waals surface area contributed by atoms with Crippen molar-refractivity contribution >= 4 is 46.6 Å². The normalized spacial score (nSPS) is 16.7. The van der Waals surface area contributed by atoms with E-state index in [1.807, 2.05) is 13.8 Å². The third-order valence-electron chi connectivity index (χ3n) is 6.34. The number of amides is 1. The second-order valence-corrected chi connectivity index (χ2v) is 9.25. The van der Waals surface area contributed by atoms with E-state index in [0.29, 0.717) is 17.9 Å². The summed E-state index contributed by atoms with van der Waals surface area (Å²) in [7, 11) is 2.73. The Morgan fingerprint density at radius 1 is 1.05 bits per heavy atom. The monoisotopic (exact) mass is 564 g/mol. The van der Waals surface area contributed by atoms with Crippen LogP contribution in [0.25, 0.3) is 5.76 Å². The molecule has 11 heteroatoms. The molecule has 2 aromatic carbocycles. The Bertz CT molecular complexity index is 1260. The minimum Gasteiger partial charge on any atom is -0.507 e. The van der Waals surface area contributed by atoms with E-state index in [1.165, 1.54) is 32.1 Å². The molecule has 1 saturated heterocycles. The van der Waals surface area contributed by atoms with Gasteiger partial charge in [-0.2, -0.15) is 0 Å². The molecule has 1 heterocycles. The van der Waals surface area contributed by atoms with Crippen molar-refractivity contribution in [2.75, 3.05) is 40.4 Å². The van der Waals surface area contributed by atoms with Gasteiger partial charge in [0.1, 0.15) is 16.5 Å². The summed E-state index contributed by atoms with van der Waals surface area (Å²) >= 11 is 12.7. The van der Waals surface area contributed by atoms with Crippen LogP contribution >= 0.6 is 23.2 Å². The summed E-state index contributed by atoms with van der Waals surface area (Å²) in [5, 5.41) is 11.6. The number of esters is 1. The van der Waals surface area contributed by atoms with Gasteiger partial charge in [-0.25, -0.2) is 0 Å². The molecule has 0 bridgehead atoms. The van der Waals surface area contributed by atoms with Gasteiger partial charge in [0.2, 0.25) is 0 Å². The summed E-state index contributed by atoms with van der Waals surface area (Å²) in [5.41, 5.74) is 0.419. The van der Waals surface area contributed by atoms with Gasteiger partial charge >= 0.3 is 5.97 Å². The van der Waals surface area contributed by atoms with E-state index in [1.54, 1.807) is 24.3 Å². The van der Waals surface area contributed by atoms with Gasteiger partial charge in [0.25, 0.3) is 11.7 Å². The first-order chi connectivity index (χ1) is 18.1. The summed E-state index contributed by atoms with van der Waals surface area (Å²) < 4.78 is 15.8. The van der Waals surface area contributed by atoms with Crippen molar-refractivity contribution in [2.24, 2.45) is 0 Å². The van der Waals surface area contributed by atoms with Crippen molar-refractivity contribution in [1.29, 1.82) is 0 Å². The lowest BCUT2D eigenvalue weighted by Gasteiger charge is -2.28. The van der Waals surface area contributed by atoms with Crippen LogP contribution in [0.5, 0.6) is 17.2 Å². The molecule has 1 aliphatic heterocycles. The van der Waals surface area contributed by atoms with E-state index in [9.17, 15) is 19.5 Å². The summed E-state index contributed by atoms with van der Waals surface area (Å²) in [5.74, 6) is -2.12. The molecule has 0 saturated carbocycles. The van der Waals surface area contributed by atoms with Crippen LogP contribution < -0.4 is 14.2 Å². The lowest BCUT2D eigenvalue weighted by molar-refractivity contribution is -0.140. The Morgan fingerprint density at radius 3 is 2.18 bits per heavy atom. The van der Waals surface area contributed by atoms with Crippen LogP contribution in [0.4, 0.5) is 0 Å². The van der Waals surface area contributed by atoms with E-state index in [0.717, 1.165) is 13.1 Å². The van der Waals surface area contributed by atoms with Crippen LogP contribution in [0.3, 0.4) is 0 Å². The van der Waals surface area contributed by atoms with Crippen LogP contribution in [0, 0.1) is 0 Å². The van der Waals surface area contributed by atoms with Gasteiger partial charge in [-0.1, -0.05) is 49.2 Å². The number of Topliss-reactive ketones (excluding diaryl/α,β-unsaturated/α-hetero) is 1. The fraction of sp³-hybridized carbons (Fsp3) is 0.370. The molecular weight excluding hydrogens is 535 g/mol. The molecule has 0 spiro atoms. The van der Waals surface area contributed by atoms with Gasteiger partial charge in [0.15, 0.2) is 11.5 Å². The predicted octanol–water partition coefficient (Wildman–Crippen LogP) is 4.70. The van der Waals surface area contributed by atoms with Crippen LogP contribution in [-0.4, -0.2) is 73.0 Å². The number of rotatable bonds is 10. The molecule has 38 heavy (non-hydrogen) atoms. The number of hydrogen-bond donors (Lipinski definition) is 1. The maximum Gasteiger partial charge on any atom is 0.308 e. The molecule has 3 rings (SSSR count). The lowest BCUT2D eigenvalue weighted by Crippen LogP contribution is -2.38. The molecule has 0 aliphatic carbocycles. The molecule has 1 unspecified atom stereocenters. The number of likely N-dealkylation sites (N-methyl/N-ethyl adjacent to an activating group) is 1. The number of benzene rings is 2. The molecular formula is C27H30Cl2N2O7. The van der Waals surface area contributed by atoms with Crippen LogP contribution in [0.1, 0.15) is 37.9 Å². The second kappa shape index (κ2) is 12.5. The maximum absolute atomic E-state index is 13.4. The minimum absolute atomic E-state index is 0.00194. The van der Waals surface area contributed by atoms with E-state index in [2.05, 4.69) is 4.90 Å². The first kappa shape index (κ1) is 29.3. The topological polar surface area (TPSA) is 106 Å². The summed E-state index contributed by atoms with van der Waals surface area (Å²) in [6, 6.07) is 6.83. The lowest BCUT2D eigenvalue weighted by atomic mass is 9.94. The molecule has 1 N–H and O–H groups in total. The van der Waals surface area contributed by atoms with Crippen LogP contribution in [0.2, 0.25) is 10.0 Å². The van der Waals surface area contributed by atoms with Gasteiger partial charge in [0, 0.05) is 20.0 Å². The molecule has 9 nitrogen and oxygen atoms in total. The number of nitrogens with zero attached hydrogens (tertiary/aromatic N) is 2. The Morgan fingerprint density at radius 2 is 1.66 bits per heavy atom. The number of ketones is 1. The fourth-order valence-electron chi connectivity index (χ4n) is 4.42. The zero-order valence-corrected chi connectivity index (χ0v) is 23.4. The number of likely N-dealkylation sites (tertiary alicyclic amines) is 1. The number of carbonyl (C=O) groups is 3. The SMILES string of the molecule is CCN(CC)CCN1C(=O)C(=O)/C(=C(/O)c2cc(Cl)c(OC)c(Cl)c2OC)C1c1ccc(OC(C)=O)cc1. The highest BCUT2D eigenvalue weighted by Crippen LogP contribution is 2.47. The van der Waals surface area contributed by atoms with Crippen molar-refractivity contribution in [3.8, 4) is 17.2 Å². The highest BCUT2D eigenvalue weighted by Gasteiger charge is 2.46. The van der Waals surface area contributed by atoms with E-state index >= 15 is 0 Å². The summed E-state index contributed by atoms with van der Waals surface area (Å²) in [6.45, 7) is 7.59. The van der Waals surface area contributed by atoms with Crippen LogP contribution in [0.15, 0.2) is 35.9 Å². The van der Waals surface area contributed by atoms with E-state index in [4.69, 9.17) is 37.4 Å². The summed E-state index contributed by atoms with van der Waals surface area (Å²) in [6.07, 6.45) is 0. The van der Waals surface area contributed by atoms with Gasteiger partial charge < -0.3 is 29.1 Å². The number of halogens is 2. The number of methoxy groups -OCH3 is 2. The largest absolute Gasteiger partial charge is 0.507 e. The fourth-order valence-corrected chi connectivity index (χ4v) is 5.11. The van der Waals surface area contributed by atoms with Crippen molar-refractivity contribution < 1.29 is 33.7 Å². The number of aliphatic hydroxyl groups is 1. The molecule has 1 fully saturated rings. The Balaban J connectivity index is 2.21. The van der Waals surface area contributed by atoms with E-state index in [-0.39, 0.29) is 39.2 Å². The zero-order valence-electron chi connectivity index (χ0n) is 21.8. The van der Waals surface area contributed by atoms with E-state index < -0.39 is 29.5 Å². The summed E-state index contributed by atoms with van der Waals surface area (Å²) in [4.78, 5) is 41.5. The second-order valence-electron chi connectivity index (χ2n) is 8.47. The Hall–Kier alpha value is -3.27.